The van der Waals surface area contributed by atoms with Gasteiger partial charge in [0.25, 0.3) is 0 Å². The maximum atomic E-state index is 12.1. The molecule has 0 bridgehead atoms. The lowest BCUT2D eigenvalue weighted by Gasteiger charge is -2.27. The van der Waals surface area contributed by atoms with Crippen molar-refractivity contribution in [3.05, 3.63) is 18.3 Å². The van der Waals surface area contributed by atoms with E-state index in [-0.39, 0.29) is 18.0 Å². The van der Waals surface area contributed by atoms with Crippen molar-refractivity contribution in [1.29, 1.82) is 0 Å². The predicted molar refractivity (Wildman–Crippen MR) is 94.7 cm³/mol. The molecule has 2 saturated heterocycles. The third-order valence-corrected chi connectivity index (χ3v) is 4.38. The number of rotatable bonds is 5. The first-order valence-corrected chi connectivity index (χ1v) is 8.76. The Balaban J connectivity index is 1.46. The van der Waals surface area contributed by atoms with Gasteiger partial charge in [-0.2, -0.15) is 0 Å². The Bertz CT molecular complexity index is 601. The third-order valence-electron chi connectivity index (χ3n) is 4.38. The first-order valence-electron chi connectivity index (χ1n) is 8.76. The van der Waals surface area contributed by atoms with Gasteiger partial charge < -0.3 is 25.2 Å². The summed E-state index contributed by atoms with van der Waals surface area (Å²) < 4.78 is 5.33. The normalized spacial score (nSPS) is 19.0. The molecule has 1 aromatic rings. The summed E-state index contributed by atoms with van der Waals surface area (Å²) in [6, 6.07) is 3.34. The minimum Gasteiger partial charge on any atom is -0.378 e. The molecule has 25 heavy (non-hydrogen) atoms. The number of carbonyl (C=O) groups is 2. The minimum absolute atomic E-state index is 0.109. The van der Waals surface area contributed by atoms with Crippen LogP contribution >= 0.6 is 0 Å². The molecule has 0 saturated carbocycles. The Morgan fingerprint density at radius 1 is 1.32 bits per heavy atom. The van der Waals surface area contributed by atoms with Gasteiger partial charge in [-0.05, 0) is 25.5 Å². The van der Waals surface area contributed by atoms with E-state index in [4.69, 9.17) is 4.74 Å². The molecule has 0 aromatic carbocycles. The van der Waals surface area contributed by atoms with Crippen molar-refractivity contribution in [2.45, 2.75) is 25.8 Å². The Morgan fingerprint density at radius 2 is 2.12 bits per heavy atom. The summed E-state index contributed by atoms with van der Waals surface area (Å²) in [6.07, 6.45) is 3.16. The number of nitrogens with one attached hydrogen (secondary N) is 2. The Morgan fingerprint density at radius 3 is 2.76 bits per heavy atom. The van der Waals surface area contributed by atoms with Crippen LogP contribution in [0, 0.1) is 0 Å². The van der Waals surface area contributed by atoms with E-state index in [1.165, 1.54) is 0 Å². The molecule has 2 fully saturated rings. The number of ether oxygens (including phenoxy) is 1. The standard InChI is InChI=1S/C17H25N5O3/c1-13(12-22-6-2-3-16(22)23)19-17(24)20-14-4-5-15(18-11-14)21-7-9-25-10-8-21/h4-5,11,13H,2-3,6-10,12H2,1H3,(H2,19,20,24). The quantitative estimate of drug-likeness (QED) is 0.831. The summed E-state index contributed by atoms with van der Waals surface area (Å²) in [4.78, 5) is 32.1. The fourth-order valence-electron chi connectivity index (χ4n) is 3.10. The molecule has 0 aliphatic carbocycles. The second kappa shape index (κ2) is 8.15. The van der Waals surface area contributed by atoms with Gasteiger partial charge >= 0.3 is 6.03 Å². The van der Waals surface area contributed by atoms with Gasteiger partial charge in [0.1, 0.15) is 5.82 Å². The lowest BCUT2D eigenvalue weighted by atomic mass is 10.3. The maximum Gasteiger partial charge on any atom is 0.319 e. The molecular formula is C17H25N5O3. The summed E-state index contributed by atoms with van der Waals surface area (Å²) in [7, 11) is 0. The molecule has 8 nitrogen and oxygen atoms in total. The van der Waals surface area contributed by atoms with Crippen molar-refractivity contribution >= 4 is 23.4 Å². The third kappa shape index (κ3) is 4.82. The number of amides is 3. The molecule has 136 valence electrons. The largest absolute Gasteiger partial charge is 0.378 e. The molecule has 2 aliphatic rings. The highest BCUT2D eigenvalue weighted by molar-refractivity contribution is 5.89. The molecule has 8 heteroatoms. The maximum absolute atomic E-state index is 12.1. The van der Waals surface area contributed by atoms with Gasteiger partial charge in [-0.25, -0.2) is 9.78 Å². The van der Waals surface area contributed by atoms with Gasteiger partial charge in [0.15, 0.2) is 0 Å². The van der Waals surface area contributed by atoms with E-state index in [9.17, 15) is 9.59 Å². The first-order chi connectivity index (χ1) is 12.1. The molecule has 1 aromatic heterocycles. The highest BCUT2D eigenvalue weighted by Crippen LogP contribution is 2.15. The van der Waals surface area contributed by atoms with Gasteiger partial charge in [0.05, 0.1) is 25.1 Å². The van der Waals surface area contributed by atoms with Crippen LogP contribution in [-0.4, -0.2) is 67.3 Å². The molecular weight excluding hydrogens is 322 g/mol. The Kier molecular flexibility index (Phi) is 5.70. The van der Waals surface area contributed by atoms with E-state index >= 15 is 0 Å². The highest BCUT2D eigenvalue weighted by Gasteiger charge is 2.22. The van der Waals surface area contributed by atoms with E-state index in [2.05, 4.69) is 20.5 Å². The predicted octanol–water partition coefficient (Wildman–Crippen LogP) is 1.05. The number of aromatic nitrogens is 1. The monoisotopic (exact) mass is 347 g/mol. The first kappa shape index (κ1) is 17.5. The number of pyridine rings is 1. The molecule has 2 aliphatic heterocycles. The molecule has 3 rings (SSSR count). The number of hydrogen-bond donors (Lipinski definition) is 2. The van der Waals surface area contributed by atoms with Gasteiger partial charge in [0, 0.05) is 38.6 Å². The average Bonchev–Trinajstić information content (AvgIpc) is 3.01. The van der Waals surface area contributed by atoms with E-state index in [0.29, 0.717) is 31.9 Å². The Hall–Kier alpha value is -2.35. The molecule has 0 radical (unpaired) electrons. The number of urea groups is 1. The lowest BCUT2D eigenvalue weighted by Crippen LogP contribution is -2.44. The fourth-order valence-corrected chi connectivity index (χ4v) is 3.10. The summed E-state index contributed by atoms with van der Waals surface area (Å²) in [5, 5.41) is 5.64. The van der Waals surface area contributed by atoms with Crippen molar-refractivity contribution in [3.63, 3.8) is 0 Å². The van der Waals surface area contributed by atoms with Crippen LogP contribution in [0.1, 0.15) is 19.8 Å². The van der Waals surface area contributed by atoms with Crippen LogP contribution in [0.5, 0.6) is 0 Å². The molecule has 3 heterocycles. The second-order valence-corrected chi connectivity index (χ2v) is 6.45. The van der Waals surface area contributed by atoms with Gasteiger partial charge in [-0.3, -0.25) is 4.79 Å². The summed E-state index contributed by atoms with van der Waals surface area (Å²) in [5.74, 6) is 1.05. The SMILES string of the molecule is CC(CN1CCCC1=O)NC(=O)Nc1ccc(N2CCOCC2)nc1. The zero-order valence-electron chi connectivity index (χ0n) is 14.5. The van der Waals surface area contributed by atoms with E-state index in [0.717, 1.165) is 31.9 Å². The fraction of sp³-hybridized carbons (Fsp3) is 0.588. The van der Waals surface area contributed by atoms with Gasteiger partial charge in [-0.1, -0.05) is 0 Å². The molecule has 0 spiro atoms. The van der Waals surface area contributed by atoms with Gasteiger partial charge in [0.2, 0.25) is 5.91 Å². The van der Waals surface area contributed by atoms with Crippen LogP contribution in [0.4, 0.5) is 16.3 Å². The zero-order chi connectivity index (χ0) is 17.6. The molecule has 1 unspecified atom stereocenters. The second-order valence-electron chi connectivity index (χ2n) is 6.45. The van der Waals surface area contributed by atoms with Crippen LogP contribution in [-0.2, 0) is 9.53 Å². The smallest absolute Gasteiger partial charge is 0.319 e. The summed E-state index contributed by atoms with van der Waals surface area (Å²) >= 11 is 0. The minimum atomic E-state index is -0.292. The number of morpholine rings is 1. The topological polar surface area (TPSA) is 86.8 Å². The van der Waals surface area contributed by atoms with Crippen LogP contribution in [0.2, 0.25) is 0 Å². The number of carbonyl (C=O) groups excluding carboxylic acids is 2. The van der Waals surface area contributed by atoms with Crippen molar-refractivity contribution in [2.24, 2.45) is 0 Å². The molecule has 2 N–H and O–H groups in total. The lowest BCUT2D eigenvalue weighted by molar-refractivity contribution is -0.127. The van der Waals surface area contributed by atoms with Crippen LogP contribution in [0.25, 0.3) is 0 Å². The van der Waals surface area contributed by atoms with Crippen molar-refractivity contribution in [3.8, 4) is 0 Å². The number of nitrogens with zero attached hydrogens (tertiary/aromatic N) is 3. The number of likely N-dealkylation sites (tertiary alicyclic amines) is 1. The van der Waals surface area contributed by atoms with Crippen LogP contribution < -0.4 is 15.5 Å². The summed E-state index contributed by atoms with van der Waals surface area (Å²) in [5.41, 5.74) is 0.638. The van der Waals surface area contributed by atoms with E-state index in [1.54, 1.807) is 11.1 Å². The number of hydrogen-bond acceptors (Lipinski definition) is 5. The van der Waals surface area contributed by atoms with E-state index < -0.39 is 0 Å². The molecule has 3 amide bonds. The van der Waals surface area contributed by atoms with Crippen molar-refractivity contribution in [1.82, 2.24) is 15.2 Å². The van der Waals surface area contributed by atoms with Crippen LogP contribution in [0.15, 0.2) is 18.3 Å². The van der Waals surface area contributed by atoms with Gasteiger partial charge in [-0.15, -0.1) is 0 Å². The van der Waals surface area contributed by atoms with Crippen molar-refractivity contribution in [2.75, 3.05) is 49.6 Å². The zero-order valence-corrected chi connectivity index (χ0v) is 14.5. The van der Waals surface area contributed by atoms with Crippen molar-refractivity contribution < 1.29 is 14.3 Å². The summed E-state index contributed by atoms with van der Waals surface area (Å²) in [6.45, 7) is 6.29. The highest BCUT2D eigenvalue weighted by atomic mass is 16.5. The van der Waals surface area contributed by atoms with Crippen LogP contribution in [0.3, 0.4) is 0 Å². The number of anilines is 2. The van der Waals surface area contributed by atoms with E-state index in [1.807, 2.05) is 19.1 Å². The average molecular weight is 347 g/mol. The molecule has 1 atom stereocenters. The Labute approximate surface area is 147 Å².